The van der Waals surface area contributed by atoms with Crippen molar-refractivity contribution < 1.29 is 19.5 Å². The van der Waals surface area contributed by atoms with Gasteiger partial charge in [-0.25, -0.2) is 10.9 Å². The number of fused-ring (bicyclic) bond motifs is 1. The topological polar surface area (TPSA) is 114 Å². The lowest BCUT2D eigenvalue weighted by molar-refractivity contribution is -0.127. The summed E-state index contributed by atoms with van der Waals surface area (Å²) in [4.78, 5) is 41.5. The summed E-state index contributed by atoms with van der Waals surface area (Å²) in [6.07, 6.45) is 0.737. The lowest BCUT2D eigenvalue weighted by atomic mass is 10.1. The molecule has 0 fully saturated rings. The first kappa shape index (κ1) is 18.9. The number of aliphatic hydroxyl groups is 1. The number of nitrogens with two attached hydrogens (primary N) is 1. The van der Waals surface area contributed by atoms with E-state index in [0.717, 1.165) is 6.08 Å². The van der Waals surface area contributed by atoms with Crippen LogP contribution in [0.15, 0.2) is 72.5 Å². The molecule has 3 N–H and O–H groups in total. The fourth-order valence-electron chi connectivity index (χ4n) is 2.70. The molecule has 0 saturated carbocycles. The molecule has 7 heteroatoms. The summed E-state index contributed by atoms with van der Waals surface area (Å²) in [7, 11) is 0. The molecule has 0 aliphatic heterocycles. The van der Waals surface area contributed by atoms with Crippen LogP contribution in [-0.4, -0.2) is 32.7 Å². The maximum Gasteiger partial charge on any atom is 0.310 e. The first-order valence-electron chi connectivity index (χ1n) is 8.38. The summed E-state index contributed by atoms with van der Waals surface area (Å²) >= 11 is 0. The van der Waals surface area contributed by atoms with Gasteiger partial charge in [0.1, 0.15) is 0 Å². The van der Waals surface area contributed by atoms with Gasteiger partial charge in [-0.3, -0.25) is 19.4 Å². The number of carbonyl (C=O) groups is 3. The number of pyridine rings is 1. The molecular weight excluding hydrogens is 358 g/mol. The number of hydrazine groups is 1. The van der Waals surface area contributed by atoms with Gasteiger partial charge in [0.25, 0.3) is 5.91 Å². The zero-order chi connectivity index (χ0) is 20.3. The van der Waals surface area contributed by atoms with E-state index in [0.29, 0.717) is 16.6 Å². The van der Waals surface area contributed by atoms with Crippen molar-refractivity contribution in [1.29, 1.82) is 0 Å². The molecule has 3 rings (SSSR count). The molecular formula is C21H17N3O4. The van der Waals surface area contributed by atoms with E-state index in [1.807, 2.05) is 0 Å². The highest BCUT2D eigenvalue weighted by Crippen LogP contribution is 2.19. The Morgan fingerprint density at radius 2 is 1.68 bits per heavy atom. The van der Waals surface area contributed by atoms with Gasteiger partial charge in [-0.2, -0.15) is 0 Å². The first-order chi connectivity index (χ1) is 13.4. The molecule has 3 aromatic rings. The number of para-hydroxylation sites is 1. The molecule has 1 heterocycles. The van der Waals surface area contributed by atoms with Crippen molar-refractivity contribution in [2.24, 2.45) is 5.84 Å². The summed E-state index contributed by atoms with van der Waals surface area (Å²) in [5.74, 6) is 2.13. The fourth-order valence-corrected chi connectivity index (χ4v) is 2.70. The Hall–Kier alpha value is -3.84. The van der Waals surface area contributed by atoms with Crippen LogP contribution in [0.25, 0.3) is 10.9 Å². The SMILES string of the molecule is Cc1cc(C(=O)N(N)C(=O)C(O)=CC(=O)c2ccccc2)c2ccccc2n1. The molecule has 0 radical (unpaired) electrons. The molecule has 0 atom stereocenters. The number of aromatic nitrogens is 1. The van der Waals surface area contributed by atoms with Crippen LogP contribution in [0.5, 0.6) is 0 Å². The standard InChI is InChI=1S/C21H17N3O4/c1-13-11-16(15-9-5-6-10-17(15)23-13)20(27)24(22)21(28)19(26)12-18(25)14-7-3-2-4-8-14/h2-12,26H,22H2,1H3. The van der Waals surface area contributed by atoms with E-state index in [4.69, 9.17) is 5.84 Å². The van der Waals surface area contributed by atoms with E-state index in [1.54, 1.807) is 49.4 Å². The van der Waals surface area contributed by atoms with E-state index in [1.165, 1.54) is 18.2 Å². The molecule has 2 amide bonds. The van der Waals surface area contributed by atoms with Gasteiger partial charge in [0.05, 0.1) is 11.1 Å². The number of hydrogen-bond acceptors (Lipinski definition) is 6. The Bertz CT molecular complexity index is 1110. The predicted octanol–water partition coefficient (Wildman–Crippen LogP) is 2.71. The Labute approximate surface area is 160 Å². The van der Waals surface area contributed by atoms with Gasteiger partial charge in [0, 0.05) is 22.7 Å². The van der Waals surface area contributed by atoms with Crippen LogP contribution in [-0.2, 0) is 4.79 Å². The Kier molecular flexibility index (Phi) is 5.28. The molecule has 0 aliphatic carbocycles. The largest absolute Gasteiger partial charge is 0.503 e. The summed E-state index contributed by atoms with van der Waals surface area (Å²) in [6.45, 7) is 1.71. The number of carbonyl (C=O) groups excluding carboxylic acids is 3. The van der Waals surface area contributed by atoms with Crippen molar-refractivity contribution in [3.05, 3.63) is 89.3 Å². The van der Waals surface area contributed by atoms with Gasteiger partial charge in [0.15, 0.2) is 11.5 Å². The summed E-state index contributed by atoms with van der Waals surface area (Å²) in [5.41, 5.74) is 1.60. The predicted molar refractivity (Wildman–Crippen MR) is 103 cm³/mol. The number of ketones is 1. The van der Waals surface area contributed by atoms with Crippen LogP contribution in [0, 0.1) is 6.92 Å². The molecule has 0 spiro atoms. The Balaban J connectivity index is 1.88. The zero-order valence-electron chi connectivity index (χ0n) is 15.0. The third kappa shape index (κ3) is 3.79. The van der Waals surface area contributed by atoms with Crippen LogP contribution in [0.3, 0.4) is 0 Å². The minimum Gasteiger partial charge on any atom is -0.503 e. The third-order valence-electron chi connectivity index (χ3n) is 4.06. The molecule has 0 unspecified atom stereocenters. The maximum absolute atomic E-state index is 12.7. The number of amides is 2. The van der Waals surface area contributed by atoms with E-state index in [9.17, 15) is 19.5 Å². The number of aliphatic hydroxyl groups excluding tert-OH is 1. The number of hydrogen-bond donors (Lipinski definition) is 2. The van der Waals surface area contributed by atoms with Crippen molar-refractivity contribution >= 4 is 28.5 Å². The van der Waals surface area contributed by atoms with Gasteiger partial charge in [-0.05, 0) is 19.1 Å². The minimum absolute atomic E-state index is 0.168. The second-order valence-electron chi connectivity index (χ2n) is 6.07. The maximum atomic E-state index is 12.7. The van der Waals surface area contributed by atoms with E-state index in [2.05, 4.69) is 4.98 Å². The second-order valence-corrected chi connectivity index (χ2v) is 6.07. The number of rotatable bonds is 4. The number of benzene rings is 2. The molecule has 1 aromatic heterocycles. The molecule has 0 bridgehead atoms. The average Bonchev–Trinajstić information content (AvgIpc) is 2.71. The molecule has 0 aliphatic rings. The number of imide groups is 1. The van der Waals surface area contributed by atoms with Crippen LogP contribution >= 0.6 is 0 Å². The Morgan fingerprint density at radius 3 is 2.39 bits per heavy atom. The van der Waals surface area contributed by atoms with Crippen molar-refractivity contribution in [3.63, 3.8) is 0 Å². The lowest BCUT2D eigenvalue weighted by Crippen LogP contribution is -2.43. The van der Waals surface area contributed by atoms with Crippen LogP contribution in [0.2, 0.25) is 0 Å². The van der Waals surface area contributed by atoms with Crippen LogP contribution in [0.1, 0.15) is 26.4 Å². The number of aryl methyl sites for hydroxylation is 1. The quantitative estimate of drug-likeness (QED) is 0.181. The monoisotopic (exact) mass is 375 g/mol. The summed E-state index contributed by atoms with van der Waals surface area (Å²) in [6, 6.07) is 16.5. The molecule has 0 saturated heterocycles. The van der Waals surface area contributed by atoms with Gasteiger partial charge in [-0.15, -0.1) is 0 Å². The lowest BCUT2D eigenvalue weighted by Gasteiger charge is -2.16. The number of allylic oxidation sites excluding steroid dienone is 1. The Morgan fingerprint density at radius 1 is 1.04 bits per heavy atom. The highest BCUT2D eigenvalue weighted by molar-refractivity contribution is 6.16. The molecule has 2 aromatic carbocycles. The second kappa shape index (κ2) is 7.81. The fraction of sp³-hybridized carbons (Fsp3) is 0.0476. The van der Waals surface area contributed by atoms with Crippen LogP contribution < -0.4 is 5.84 Å². The molecule has 7 nitrogen and oxygen atoms in total. The van der Waals surface area contributed by atoms with Crippen LogP contribution in [0.4, 0.5) is 0 Å². The van der Waals surface area contributed by atoms with Crippen molar-refractivity contribution in [2.45, 2.75) is 6.92 Å². The highest BCUT2D eigenvalue weighted by atomic mass is 16.3. The van der Waals surface area contributed by atoms with Crippen molar-refractivity contribution in [3.8, 4) is 0 Å². The van der Waals surface area contributed by atoms with Gasteiger partial charge >= 0.3 is 5.91 Å². The highest BCUT2D eigenvalue weighted by Gasteiger charge is 2.25. The van der Waals surface area contributed by atoms with Gasteiger partial charge < -0.3 is 5.11 Å². The van der Waals surface area contributed by atoms with Crippen molar-refractivity contribution in [1.82, 2.24) is 9.99 Å². The normalized spacial score (nSPS) is 11.3. The number of nitrogens with zero attached hydrogens (tertiary/aromatic N) is 2. The van der Waals surface area contributed by atoms with Crippen molar-refractivity contribution in [2.75, 3.05) is 0 Å². The minimum atomic E-state index is -1.19. The summed E-state index contributed by atoms with van der Waals surface area (Å²) in [5, 5.41) is 10.8. The van der Waals surface area contributed by atoms with E-state index >= 15 is 0 Å². The zero-order valence-corrected chi connectivity index (χ0v) is 15.0. The average molecular weight is 375 g/mol. The third-order valence-corrected chi connectivity index (χ3v) is 4.06. The van der Waals surface area contributed by atoms with E-state index in [-0.39, 0.29) is 16.1 Å². The van der Waals surface area contributed by atoms with Gasteiger partial charge in [0.2, 0.25) is 0 Å². The molecule has 140 valence electrons. The van der Waals surface area contributed by atoms with Gasteiger partial charge in [-0.1, -0.05) is 48.5 Å². The molecule has 28 heavy (non-hydrogen) atoms. The first-order valence-corrected chi connectivity index (χ1v) is 8.38. The summed E-state index contributed by atoms with van der Waals surface area (Å²) < 4.78 is 0. The smallest absolute Gasteiger partial charge is 0.310 e. The van der Waals surface area contributed by atoms with E-state index < -0.39 is 23.4 Å².